The fourth-order valence-electron chi connectivity index (χ4n) is 1.28. The summed E-state index contributed by atoms with van der Waals surface area (Å²) in [6.07, 6.45) is -7.03. The van der Waals surface area contributed by atoms with Crippen LogP contribution >= 0.6 is 0 Å². The third kappa shape index (κ3) is 1.86. The molecule has 1 heterocycles. The van der Waals surface area contributed by atoms with Crippen molar-refractivity contribution in [1.82, 2.24) is 0 Å². The Bertz CT molecular complexity index is 220. The number of carbonyl (C=O) groups is 1. The van der Waals surface area contributed by atoms with E-state index >= 15 is 0 Å². The Kier molecular flexibility index (Phi) is 3.40. The zero-order chi connectivity index (χ0) is 10.9. The maximum absolute atomic E-state index is 10.8. The molecule has 0 aliphatic carbocycles. The van der Waals surface area contributed by atoms with Gasteiger partial charge in [-0.3, -0.25) is 4.79 Å². The molecule has 7 heteroatoms. The predicted octanol–water partition coefficient (Wildman–Crippen LogP) is -3.07. The van der Waals surface area contributed by atoms with Crippen molar-refractivity contribution in [2.75, 3.05) is 7.11 Å². The smallest absolute Gasteiger partial charge is 0.249 e. The van der Waals surface area contributed by atoms with Crippen molar-refractivity contribution in [2.45, 2.75) is 30.7 Å². The monoisotopic (exact) mass is 207 g/mol. The minimum Gasteiger partial charge on any atom is -0.387 e. The van der Waals surface area contributed by atoms with Crippen molar-refractivity contribution < 1.29 is 29.6 Å². The summed E-state index contributed by atoms with van der Waals surface area (Å²) in [4.78, 5) is 10.8. The number of hydrogen-bond donors (Lipinski definition) is 4. The quantitative estimate of drug-likeness (QED) is 0.381. The minimum absolute atomic E-state index is 0.925. The summed E-state index contributed by atoms with van der Waals surface area (Å²) in [7, 11) is 1.23. The van der Waals surface area contributed by atoms with Gasteiger partial charge in [0.25, 0.3) is 0 Å². The van der Waals surface area contributed by atoms with Gasteiger partial charge in [-0.15, -0.1) is 0 Å². The zero-order valence-electron chi connectivity index (χ0n) is 7.53. The van der Waals surface area contributed by atoms with Crippen LogP contribution in [0.3, 0.4) is 0 Å². The molecule has 0 bridgehead atoms. The average molecular weight is 207 g/mol. The molecular weight excluding hydrogens is 194 g/mol. The number of carbonyl (C=O) groups excluding carboxylic acids is 1. The molecule has 0 unspecified atom stereocenters. The molecule has 1 fully saturated rings. The van der Waals surface area contributed by atoms with Gasteiger partial charge >= 0.3 is 0 Å². The molecule has 14 heavy (non-hydrogen) atoms. The highest BCUT2D eigenvalue weighted by atomic mass is 16.7. The molecule has 1 saturated heterocycles. The highest BCUT2D eigenvalue weighted by Gasteiger charge is 2.46. The predicted molar refractivity (Wildman–Crippen MR) is 42.9 cm³/mol. The van der Waals surface area contributed by atoms with Crippen LogP contribution in [-0.2, 0) is 14.3 Å². The van der Waals surface area contributed by atoms with E-state index in [0.717, 1.165) is 0 Å². The summed E-state index contributed by atoms with van der Waals surface area (Å²) in [6.45, 7) is 0. The van der Waals surface area contributed by atoms with Gasteiger partial charge in [0.05, 0.1) is 0 Å². The molecule has 0 aromatic heterocycles. The number of ether oxygens (including phenoxy) is 2. The van der Waals surface area contributed by atoms with Crippen molar-refractivity contribution in [3.63, 3.8) is 0 Å². The van der Waals surface area contributed by atoms with Gasteiger partial charge in [0.15, 0.2) is 12.4 Å². The van der Waals surface area contributed by atoms with E-state index in [1.807, 2.05) is 0 Å². The first-order valence-electron chi connectivity index (χ1n) is 4.00. The summed E-state index contributed by atoms with van der Waals surface area (Å²) < 4.78 is 9.49. The number of primary amides is 1. The molecule has 0 aromatic carbocycles. The number of methoxy groups -OCH3 is 1. The molecule has 1 rings (SSSR count). The largest absolute Gasteiger partial charge is 0.387 e. The fourth-order valence-corrected chi connectivity index (χ4v) is 1.28. The second-order valence-corrected chi connectivity index (χ2v) is 3.03. The minimum atomic E-state index is -1.55. The summed E-state index contributed by atoms with van der Waals surface area (Å²) in [6, 6.07) is 0. The van der Waals surface area contributed by atoms with Gasteiger partial charge < -0.3 is 30.5 Å². The Morgan fingerprint density at radius 3 is 2.29 bits per heavy atom. The molecule has 1 aliphatic heterocycles. The number of rotatable bonds is 2. The van der Waals surface area contributed by atoms with Gasteiger partial charge in [0.1, 0.15) is 18.3 Å². The second kappa shape index (κ2) is 4.20. The van der Waals surface area contributed by atoms with Crippen molar-refractivity contribution >= 4 is 5.91 Å². The van der Waals surface area contributed by atoms with Crippen LogP contribution < -0.4 is 5.73 Å². The first-order valence-corrected chi connectivity index (χ1v) is 4.00. The first-order chi connectivity index (χ1) is 6.49. The van der Waals surface area contributed by atoms with E-state index in [4.69, 9.17) is 10.5 Å². The lowest BCUT2D eigenvalue weighted by Crippen LogP contribution is -2.61. The lowest BCUT2D eigenvalue weighted by Gasteiger charge is -2.38. The van der Waals surface area contributed by atoms with Crippen LogP contribution in [0.4, 0.5) is 0 Å². The van der Waals surface area contributed by atoms with E-state index in [0.29, 0.717) is 0 Å². The number of nitrogens with two attached hydrogens (primary N) is 1. The molecule has 0 saturated carbocycles. The molecular formula is C7H13NO6. The van der Waals surface area contributed by atoms with E-state index in [9.17, 15) is 20.1 Å². The van der Waals surface area contributed by atoms with Crippen molar-refractivity contribution in [2.24, 2.45) is 5.73 Å². The fraction of sp³-hybridized carbons (Fsp3) is 0.857. The third-order valence-corrected chi connectivity index (χ3v) is 2.08. The van der Waals surface area contributed by atoms with E-state index in [-0.39, 0.29) is 0 Å². The molecule has 0 radical (unpaired) electrons. The van der Waals surface area contributed by atoms with Crippen molar-refractivity contribution in [1.29, 1.82) is 0 Å². The lowest BCUT2D eigenvalue weighted by molar-refractivity contribution is -0.283. The van der Waals surface area contributed by atoms with Crippen LogP contribution in [0.15, 0.2) is 0 Å². The molecule has 0 spiro atoms. The maximum atomic E-state index is 10.8. The van der Waals surface area contributed by atoms with E-state index in [2.05, 4.69) is 4.74 Å². The van der Waals surface area contributed by atoms with Gasteiger partial charge in [-0.05, 0) is 0 Å². The highest BCUT2D eigenvalue weighted by Crippen LogP contribution is 2.21. The number of amides is 1. The van der Waals surface area contributed by atoms with Crippen LogP contribution in [0.1, 0.15) is 0 Å². The van der Waals surface area contributed by atoms with Gasteiger partial charge in [0.2, 0.25) is 5.91 Å². The molecule has 7 nitrogen and oxygen atoms in total. The standard InChI is InChI=1S/C7H13NO6/c1-13-7-4(11)2(9)3(10)5(14-7)6(8)12/h2-5,7,9-11H,1H3,(H2,8,12)/t2-,3+,4+,5-,7+/m0/s1. The SMILES string of the molecule is CO[C@@H]1O[C@H](C(N)=O)[C@H](O)[C@H](O)[C@H]1O. The molecule has 5 N–H and O–H groups in total. The summed E-state index contributed by atoms with van der Waals surface area (Å²) in [5.74, 6) is -0.925. The molecule has 0 aromatic rings. The first kappa shape index (κ1) is 11.3. The Morgan fingerprint density at radius 1 is 1.29 bits per heavy atom. The number of aliphatic hydroxyl groups is 3. The van der Waals surface area contributed by atoms with Crippen LogP contribution in [0.5, 0.6) is 0 Å². The Hall–Kier alpha value is -0.730. The summed E-state index contributed by atoms with van der Waals surface area (Å²) >= 11 is 0. The van der Waals surface area contributed by atoms with Crippen LogP contribution in [0, 0.1) is 0 Å². The van der Waals surface area contributed by atoms with E-state index < -0.39 is 36.6 Å². The molecule has 82 valence electrons. The van der Waals surface area contributed by atoms with Crippen molar-refractivity contribution in [3.8, 4) is 0 Å². The Labute approximate surface area is 80.0 Å². The zero-order valence-corrected chi connectivity index (χ0v) is 7.53. The second-order valence-electron chi connectivity index (χ2n) is 3.03. The average Bonchev–Trinajstić information content (AvgIpc) is 2.14. The summed E-state index contributed by atoms with van der Waals surface area (Å²) in [5, 5.41) is 27.9. The van der Waals surface area contributed by atoms with E-state index in [1.54, 1.807) is 0 Å². The van der Waals surface area contributed by atoms with Crippen LogP contribution in [0.2, 0.25) is 0 Å². The normalized spacial score (nSPS) is 43.6. The molecule has 5 atom stereocenters. The Balaban J connectivity index is 2.78. The van der Waals surface area contributed by atoms with Gasteiger partial charge in [0, 0.05) is 7.11 Å². The van der Waals surface area contributed by atoms with Crippen molar-refractivity contribution in [3.05, 3.63) is 0 Å². The lowest BCUT2D eigenvalue weighted by atomic mass is 9.98. The third-order valence-electron chi connectivity index (χ3n) is 2.08. The maximum Gasteiger partial charge on any atom is 0.249 e. The van der Waals surface area contributed by atoms with E-state index in [1.165, 1.54) is 7.11 Å². The Morgan fingerprint density at radius 2 is 1.86 bits per heavy atom. The molecule has 1 amide bonds. The highest BCUT2D eigenvalue weighted by molar-refractivity contribution is 5.79. The van der Waals surface area contributed by atoms with Gasteiger partial charge in [-0.1, -0.05) is 0 Å². The number of aliphatic hydroxyl groups excluding tert-OH is 3. The van der Waals surface area contributed by atoms with Crippen LogP contribution in [-0.4, -0.2) is 59.0 Å². The number of hydrogen-bond acceptors (Lipinski definition) is 6. The van der Waals surface area contributed by atoms with Crippen LogP contribution in [0.25, 0.3) is 0 Å². The summed E-state index contributed by atoms with van der Waals surface area (Å²) in [5.41, 5.74) is 4.91. The van der Waals surface area contributed by atoms with Gasteiger partial charge in [-0.2, -0.15) is 0 Å². The molecule has 1 aliphatic rings. The van der Waals surface area contributed by atoms with Gasteiger partial charge in [-0.25, -0.2) is 0 Å². The topological polar surface area (TPSA) is 122 Å².